The molecule has 0 aliphatic carbocycles. The molecule has 618 valence electrons. The van der Waals surface area contributed by atoms with Gasteiger partial charge < -0.3 is 61.7 Å². The van der Waals surface area contributed by atoms with Gasteiger partial charge in [0, 0.05) is 44.4 Å². The minimum atomic E-state index is -2.96. The first-order chi connectivity index (χ1) is 54.1. The summed E-state index contributed by atoms with van der Waals surface area (Å²) in [5, 5.41) is 26.1. The van der Waals surface area contributed by atoms with E-state index in [1.165, 1.54) is 12.2 Å². The average Bonchev–Trinajstić information content (AvgIpc) is 1.49. The zero-order chi connectivity index (χ0) is 83.8. The number of aliphatic hydroxyl groups is 2. The fraction of sp³-hybridized carbons (Fsp3) is 0.413. The van der Waals surface area contributed by atoms with Crippen LogP contribution in [0.5, 0.6) is 11.5 Å². The predicted octanol–water partition coefficient (Wildman–Crippen LogP) is 18.4. The molecule has 2 N–H and O–H groups in total. The van der Waals surface area contributed by atoms with Gasteiger partial charge in [0.05, 0.1) is 65.8 Å². The van der Waals surface area contributed by atoms with Gasteiger partial charge in [0.15, 0.2) is 36.8 Å². The highest BCUT2D eigenvalue weighted by Gasteiger charge is 2.54. The van der Waals surface area contributed by atoms with Crippen molar-refractivity contribution in [2.75, 3.05) is 34.5 Å². The maximum absolute atomic E-state index is 17.0. The van der Waals surface area contributed by atoms with Crippen LogP contribution in [-0.2, 0) is 67.0 Å². The van der Waals surface area contributed by atoms with Crippen molar-refractivity contribution in [3.63, 3.8) is 0 Å². The van der Waals surface area contributed by atoms with E-state index >= 15 is 8.78 Å². The Kier molecular flexibility index (Phi) is 40.0. The summed E-state index contributed by atoms with van der Waals surface area (Å²) in [5.74, 6) is -3.46. The van der Waals surface area contributed by atoms with Crippen LogP contribution in [0.4, 0.5) is 8.78 Å². The van der Waals surface area contributed by atoms with Crippen molar-refractivity contribution in [3.05, 3.63) is 277 Å². The second-order valence-electron chi connectivity index (χ2n) is 30.6. The van der Waals surface area contributed by atoms with Gasteiger partial charge in [-0.25, -0.2) is 18.4 Å². The lowest BCUT2D eigenvalue weighted by Crippen LogP contribution is -2.67. The van der Waals surface area contributed by atoms with Gasteiger partial charge in [-0.3, -0.25) is 0 Å². The summed E-state index contributed by atoms with van der Waals surface area (Å²) in [5.41, 5.74) is 2.39. The van der Waals surface area contributed by atoms with Crippen LogP contribution in [0.3, 0.4) is 0 Å². The largest absolute Gasteiger partial charge is 0.497 e. The molecule has 0 bridgehead atoms. The molecule has 0 aromatic heterocycles. The number of benzene rings is 8. The Labute approximate surface area is 689 Å². The Hall–Kier alpha value is -7.34. The number of hydrogen-bond acceptors (Lipinski definition) is 16. The number of esters is 2. The van der Waals surface area contributed by atoms with E-state index < -0.39 is 114 Å². The molecular weight excluding hydrogens is 1530 g/mol. The van der Waals surface area contributed by atoms with Crippen molar-refractivity contribution in [1.29, 1.82) is 1.28 Å². The van der Waals surface area contributed by atoms with Crippen LogP contribution < -0.4 is 30.2 Å². The zero-order valence-electron chi connectivity index (χ0n) is 69.6. The Morgan fingerprint density at radius 1 is 0.553 bits per heavy atom. The van der Waals surface area contributed by atoms with Gasteiger partial charge in [0.1, 0.15) is 35.4 Å². The molecule has 5 unspecified atom stereocenters. The standard InChI is InChI=1S/C45H55FO7Si.C42H51FO7Si.C4H10O.CH4.H2P2S/c1-32(33(2)53-54(44(3,4)5,37-20-14-10-15-21-37)38-22-16-11-17-23-38)30-39(46)41(50-43(47)35-18-12-9-13-19-35)42-40(51-45(6,7)52-42)28-29-49-31-34-24-26-36(48-8)27-25-34;1-30(31(2)50-51(42(3,4)5,35-18-12-8-13-19-35)36-20-14-9-15-21-36)28-37(43)40(49-41(46)33-16-10-7-11-17-33)39(45)38(44)26-27-48-29-32-22-24-34(47-6)25-23-32;1-4(2)5-3;;1-2-3/h9-27,30,32-33,40-42H,28-29,31H2,1-8H3;7-25,28,30-31,38-40,44-45H,26-27,29H2,1-6H3;4H,1-3H3;1H4;1H2/p+1/b39-30+;37-28+;;;/t32-,33+,40+,41?,42?;30-,31-,38+,39+,40?;;;/m10.../s1/i/hT. The van der Waals surface area contributed by atoms with E-state index in [4.69, 9.17) is 52.8 Å². The second kappa shape index (κ2) is 47.8. The summed E-state index contributed by atoms with van der Waals surface area (Å²) in [6.45, 7) is 28.5. The molecule has 0 radical (unpaired) electrons. The number of ether oxygens (including phenoxy) is 9. The van der Waals surface area contributed by atoms with Crippen molar-refractivity contribution < 1.29 is 80.1 Å². The molecule has 0 saturated carbocycles. The Morgan fingerprint density at radius 3 is 1.23 bits per heavy atom. The highest BCUT2D eigenvalue weighted by Crippen LogP contribution is 2.42. The van der Waals surface area contributed by atoms with Crippen molar-refractivity contribution in [2.24, 2.45) is 11.8 Å². The summed E-state index contributed by atoms with van der Waals surface area (Å²) in [6.07, 6.45) is -5.23. The van der Waals surface area contributed by atoms with Crippen molar-refractivity contribution >= 4 is 77.0 Å². The average molecular weight is 1660 g/mol. The molecule has 15 nitrogen and oxygen atoms in total. The van der Waals surface area contributed by atoms with Gasteiger partial charge in [0.2, 0.25) is 0 Å². The van der Waals surface area contributed by atoms with Gasteiger partial charge in [0.25, 0.3) is 16.6 Å². The lowest BCUT2D eigenvalue weighted by molar-refractivity contribution is -0.155. The predicted molar refractivity (Wildman–Crippen MR) is 469 cm³/mol. The van der Waals surface area contributed by atoms with Crippen LogP contribution in [0, 0.1) is 11.8 Å². The summed E-state index contributed by atoms with van der Waals surface area (Å²) < 4.78 is 105. The molecule has 0 spiro atoms. The fourth-order valence-corrected chi connectivity index (χ4v) is 22.7. The molecule has 12 atom stereocenters. The summed E-state index contributed by atoms with van der Waals surface area (Å²) in [7, 11) is 1.23. The monoisotopic (exact) mass is 1660 g/mol. The first kappa shape index (κ1) is 95.5. The van der Waals surface area contributed by atoms with Crippen LogP contribution in [0.15, 0.2) is 254 Å². The van der Waals surface area contributed by atoms with E-state index in [1.54, 1.807) is 89.8 Å². The molecule has 1 fully saturated rings. The normalized spacial score (nSPS) is 16.8. The minimum absolute atomic E-state index is 0. The highest BCUT2D eigenvalue weighted by atomic mass is 32.6. The molecule has 22 heteroatoms. The molecule has 114 heavy (non-hydrogen) atoms. The quantitative estimate of drug-likeness (QED) is 0.0168. The van der Waals surface area contributed by atoms with E-state index in [0.717, 1.165) is 43.4 Å². The Bertz CT molecular complexity index is 4110. The fourth-order valence-electron chi connectivity index (χ4n) is 13.1. The molecule has 1 aliphatic heterocycles. The maximum atomic E-state index is 17.0. The van der Waals surface area contributed by atoms with E-state index in [9.17, 15) is 19.8 Å². The Morgan fingerprint density at radius 2 is 0.886 bits per heavy atom. The van der Waals surface area contributed by atoms with Crippen LogP contribution in [-0.4, -0.2) is 135 Å². The summed E-state index contributed by atoms with van der Waals surface area (Å²) in [4.78, 5) is 26.6. The second-order valence-corrected chi connectivity index (χ2v) is 41.9. The highest BCUT2D eigenvalue weighted by molar-refractivity contribution is 8.24. The lowest BCUT2D eigenvalue weighted by Gasteiger charge is -2.45. The van der Waals surface area contributed by atoms with Crippen molar-refractivity contribution in [3.8, 4) is 11.5 Å². The third-order valence-corrected chi connectivity index (χ3v) is 29.8. The number of carbonyl (C=O) groups is 2. The van der Waals surface area contributed by atoms with E-state index in [2.05, 4.69) is 111 Å². The summed E-state index contributed by atoms with van der Waals surface area (Å²) in [6, 6.07) is 72.8. The zero-order valence-corrected chi connectivity index (χ0v) is 73.4. The van der Waals surface area contributed by atoms with Gasteiger partial charge in [-0.15, -0.1) is 0 Å². The molecule has 1 aliphatic rings. The maximum Gasteiger partial charge on any atom is 0.355 e. The van der Waals surface area contributed by atoms with Crippen molar-refractivity contribution in [2.45, 2.75) is 201 Å². The molecule has 8 aromatic carbocycles. The van der Waals surface area contributed by atoms with Crippen LogP contribution in [0.1, 0.15) is 149 Å². The van der Waals surface area contributed by atoms with Crippen LogP contribution >= 0.6 is 15.9 Å². The third kappa shape index (κ3) is 28.5. The molecule has 0 amide bonds. The first-order valence-electron chi connectivity index (χ1n) is 38.8. The van der Waals surface area contributed by atoms with Crippen LogP contribution in [0.2, 0.25) is 10.1 Å². The molecule has 9 rings (SSSR count). The van der Waals surface area contributed by atoms with E-state index in [-0.39, 0.29) is 42.7 Å². The third-order valence-electron chi connectivity index (χ3n) is 19.6. The molecule has 1 saturated heterocycles. The SMILES string of the molecule is C.COC(C)C.COc1ccc(COCC[C@@H](O)[C@@H](O)C(OC(=O)c2ccccc2)/C(F)=C\[C@H](C)[C@H](C)O[Si](c2ccccc2)(c2ccccc2)C(C)(C)C)cc1.COc1ccc(COCC[C@@H]2OC(C)(C)OC2C(OC(=O)c2ccccc2)/C(F)=C\[C@@H](C)[C@H](C)O[Si](c2ccccc2)(c2ccccc2)C(C)(C)C)cc1.[3H][P+](P)=S. The number of aliphatic hydroxyl groups excluding tert-OH is 2. The Balaban J connectivity index is 0.000000368. The first-order valence-corrected chi connectivity index (χ1v) is 45.7. The van der Waals surface area contributed by atoms with Gasteiger partial charge in [-0.05, 0) is 157 Å². The molecule has 1 heterocycles. The lowest BCUT2D eigenvalue weighted by atomic mass is 10.00. The number of carbonyl (C=O) groups excluding carboxylic acids is 2. The van der Waals surface area contributed by atoms with E-state index in [1.807, 2.05) is 169 Å². The number of halogens is 2. The van der Waals surface area contributed by atoms with Crippen LogP contribution in [0.25, 0.3) is 0 Å². The number of hydrogen-bond donors (Lipinski definition) is 2. The molecular formula is C92H123F2O15P2SSi2+. The van der Waals surface area contributed by atoms with Crippen molar-refractivity contribution in [1.82, 2.24) is 0 Å². The smallest absolute Gasteiger partial charge is 0.355 e. The number of rotatable bonds is 34. The minimum Gasteiger partial charge on any atom is -0.497 e. The summed E-state index contributed by atoms with van der Waals surface area (Å²) >= 11 is 4.31. The number of methoxy groups -OCH3 is 3. The van der Waals surface area contributed by atoms with Gasteiger partial charge in [-0.2, -0.15) is 0 Å². The van der Waals surface area contributed by atoms with E-state index in [0.29, 0.717) is 31.3 Å². The van der Waals surface area contributed by atoms with Gasteiger partial charge >= 0.3 is 13.2 Å². The molecule has 8 aromatic rings. The topological polar surface area (TPSA) is 176 Å². The van der Waals surface area contributed by atoms with Gasteiger partial charge in [-0.1, -0.05) is 245 Å².